The number of carbonyl (C=O) groups is 2. The Labute approximate surface area is 203 Å². The van der Waals surface area contributed by atoms with Crippen molar-refractivity contribution in [1.29, 1.82) is 0 Å². The van der Waals surface area contributed by atoms with Gasteiger partial charge in [-0.25, -0.2) is 4.68 Å². The molecular formula is C26H27ClN4O3. The summed E-state index contributed by atoms with van der Waals surface area (Å²) in [7, 11) is 0. The van der Waals surface area contributed by atoms with E-state index in [-0.39, 0.29) is 35.2 Å². The van der Waals surface area contributed by atoms with Crippen LogP contribution < -0.4 is 9.67 Å². The zero-order valence-electron chi connectivity index (χ0n) is 19.9. The fraction of sp³-hybridized carbons (Fsp3) is 0.308. The molecule has 3 heterocycles. The molecule has 0 fully saturated rings. The zero-order chi connectivity index (χ0) is 24.7. The Morgan fingerprint density at radius 1 is 1.06 bits per heavy atom. The SMILES string of the molecule is Cc1ccc[n+](C2=C(c3c(C(C)C)nn(-c4ccc(Cl)cc4)c3[O-])C(=O)N(CC(C)C)C2=O)c1. The number of rotatable bonds is 6. The lowest BCUT2D eigenvalue weighted by Crippen LogP contribution is -2.41. The Hall–Kier alpha value is -3.45. The highest BCUT2D eigenvalue weighted by atomic mass is 35.5. The van der Waals surface area contributed by atoms with Crippen LogP contribution in [0.3, 0.4) is 0 Å². The molecule has 8 heteroatoms. The van der Waals surface area contributed by atoms with Crippen molar-refractivity contribution in [3.8, 4) is 11.6 Å². The first-order chi connectivity index (χ1) is 16.1. The molecule has 0 aliphatic carbocycles. The van der Waals surface area contributed by atoms with Gasteiger partial charge in [0, 0.05) is 28.8 Å². The summed E-state index contributed by atoms with van der Waals surface area (Å²) in [4.78, 5) is 28.4. The molecule has 0 unspecified atom stereocenters. The van der Waals surface area contributed by atoms with Gasteiger partial charge >= 0.3 is 5.91 Å². The van der Waals surface area contributed by atoms with Gasteiger partial charge in [-0.05, 0) is 55.0 Å². The van der Waals surface area contributed by atoms with Gasteiger partial charge in [0.15, 0.2) is 12.4 Å². The third kappa shape index (κ3) is 4.12. The average Bonchev–Trinajstić information content (AvgIpc) is 3.23. The second kappa shape index (κ2) is 9.06. The molecule has 0 radical (unpaired) electrons. The summed E-state index contributed by atoms with van der Waals surface area (Å²) in [5, 5.41) is 18.9. The fourth-order valence-corrected chi connectivity index (χ4v) is 4.23. The Morgan fingerprint density at radius 2 is 1.74 bits per heavy atom. The van der Waals surface area contributed by atoms with Crippen molar-refractivity contribution in [3.05, 3.63) is 70.6 Å². The predicted octanol–water partition coefficient (Wildman–Crippen LogP) is 3.71. The van der Waals surface area contributed by atoms with Crippen LogP contribution in [-0.4, -0.2) is 33.0 Å². The Balaban J connectivity index is 2.01. The second-order valence-corrected chi connectivity index (χ2v) is 9.67. The van der Waals surface area contributed by atoms with Gasteiger partial charge in [-0.2, -0.15) is 9.67 Å². The summed E-state index contributed by atoms with van der Waals surface area (Å²) in [5.74, 6) is -1.42. The molecule has 2 amide bonds. The highest BCUT2D eigenvalue weighted by Gasteiger charge is 2.47. The quantitative estimate of drug-likeness (QED) is 0.399. The number of benzene rings is 1. The van der Waals surface area contributed by atoms with Gasteiger partial charge in [0.05, 0.1) is 11.4 Å². The molecule has 0 saturated carbocycles. The summed E-state index contributed by atoms with van der Waals surface area (Å²) in [6.07, 6.45) is 3.50. The topological polar surface area (TPSA) is 82.1 Å². The summed E-state index contributed by atoms with van der Waals surface area (Å²) >= 11 is 6.02. The number of aromatic nitrogens is 3. The largest absolute Gasteiger partial charge is 0.858 e. The lowest BCUT2D eigenvalue weighted by atomic mass is 9.98. The van der Waals surface area contributed by atoms with Gasteiger partial charge in [0.1, 0.15) is 5.57 Å². The van der Waals surface area contributed by atoms with Crippen LogP contribution >= 0.6 is 11.6 Å². The minimum absolute atomic E-state index is 0.0732. The van der Waals surface area contributed by atoms with Crippen LogP contribution in [0.1, 0.15) is 50.4 Å². The third-order valence-electron chi connectivity index (χ3n) is 5.64. The van der Waals surface area contributed by atoms with E-state index in [4.69, 9.17) is 11.6 Å². The number of carbonyl (C=O) groups excluding carboxylic acids is 2. The highest BCUT2D eigenvalue weighted by Crippen LogP contribution is 2.39. The molecule has 1 aliphatic heterocycles. The van der Waals surface area contributed by atoms with E-state index < -0.39 is 17.7 Å². The molecule has 2 aromatic heterocycles. The Morgan fingerprint density at radius 3 is 2.32 bits per heavy atom. The van der Waals surface area contributed by atoms with Gasteiger partial charge in [0.25, 0.3) is 11.6 Å². The fourth-order valence-electron chi connectivity index (χ4n) is 4.11. The van der Waals surface area contributed by atoms with Crippen molar-refractivity contribution in [2.24, 2.45) is 5.92 Å². The normalized spacial score (nSPS) is 14.3. The van der Waals surface area contributed by atoms with Gasteiger partial charge in [-0.3, -0.25) is 14.5 Å². The molecule has 0 spiro atoms. The molecule has 1 aliphatic rings. The van der Waals surface area contributed by atoms with Crippen LogP contribution in [0.15, 0.2) is 48.8 Å². The van der Waals surface area contributed by atoms with Crippen LogP contribution in [0.25, 0.3) is 17.0 Å². The first-order valence-corrected chi connectivity index (χ1v) is 11.6. The van der Waals surface area contributed by atoms with Gasteiger partial charge in [0.2, 0.25) is 0 Å². The number of nitrogens with zero attached hydrogens (tertiary/aromatic N) is 4. The number of pyridine rings is 1. The predicted molar refractivity (Wildman–Crippen MR) is 128 cm³/mol. The van der Waals surface area contributed by atoms with E-state index in [0.29, 0.717) is 16.4 Å². The molecular weight excluding hydrogens is 452 g/mol. The Bertz CT molecular complexity index is 1310. The zero-order valence-corrected chi connectivity index (χ0v) is 20.6. The highest BCUT2D eigenvalue weighted by molar-refractivity contribution is 6.45. The van der Waals surface area contributed by atoms with Crippen molar-refractivity contribution < 1.29 is 19.3 Å². The number of aryl methyl sites for hydroxylation is 1. The minimum Gasteiger partial charge on any atom is -0.858 e. The summed E-state index contributed by atoms with van der Waals surface area (Å²) in [6, 6.07) is 10.5. The van der Waals surface area contributed by atoms with Gasteiger partial charge in [-0.1, -0.05) is 39.3 Å². The number of halogens is 1. The molecule has 0 saturated heterocycles. The molecule has 1 aromatic carbocycles. The van der Waals surface area contributed by atoms with Crippen LogP contribution in [0.2, 0.25) is 5.02 Å². The van der Waals surface area contributed by atoms with E-state index in [9.17, 15) is 14.7 Å². The van der Waals surface area contributed by atoms with E-state index in [2.05, 4.69) is 5.10 Å². The number of hydrogen-bond acceptors (Lipinski definition) is 4. The summed E-state index contributed by atoms with van der Waals surface area (Å²) in [5.41, 5.74) is 2.34. The van der Waals surface area contributed by atoms with Crippen LogP contribution in [0.5, 0.6) is 5.88 Å². The molecule has 34 heavy (non-hydrogen) atoms. The van der Waals surface area contributed by atoms with E-state index in [1.54, 1.807) is 47.3 Å². The first kappa shape index (κ1) is 23.7. The van der Waals surface area contributed by atoms with Crippen LogP contribution in [0, 0.1) is 12.8 Å². The first-order valence-electron chi connectivity index (χ1n) is 11.2. The van der Waals surface area contributed by atoms with Gasteiger partial charge in [-0.15, -0.1) is 0 Å². The van der Waals surface area contributed by atoms with E-state index in [0.717, 1.165) is 5.56 Å². The van der Waals surface area contributed by atoms with Crippen molar-refractivity contribution in [3.63, 3.8) is 0 Å². The second-order valence-electron chi connectivity index (χ2n) is 9.24. The van der Waals surface area contributed by atoms with E-state index in [1.165, 1.54) is 9.58 Å². The van der Waals surface area contributed by atoms with Crippen LogP contribution in [-0.2, 0) is 9.59 Å². The molecule has 0 atom stereocenters. The van der Waals surface area contributed by atoms with Crippen molar-refractivity contribution in [1.82, 2.24) is 14.7 Å². The van der Waals surface area contributed by atoms with Crippen LogP contribution in [0.4, 0.5) is 0 Å². The number of amides is 2. The lowest BCUT2D eigenvalue weighted by Gasteiger charge is -2.17. The van der Waals surface area contributed by atoms with E-state index in [1.807, 2.05) is 40.7 Å². The van der Waals surface area contributed by atoms with Gasteiger partial charge < -0.3 is 5.11 Å². The van der Waals surface area contributed by atoms with E-state index >= 15 is 0 Å². The van der Waals surface area contributed by atoms with Crippen molar-refractivity contribution >= 4 is 34.7 Å². The maximum Gasteiger partial charge on any atom is 0.326 e. The third-order valence-corrected chi connectivity index (χ3v) is 5.89. The molecule has 0 bridgehead atoms. The van der Waals surface area contributed by atoms with Crippen molar-refractivity contribution in [2.45, 2.75) is 40.5 Å². The van der Waals surface area contributed by atoms with Crippen molar-refractivity contribution in [2.75, 3.05) is 6.54 Å². The Kier molecular flexibility index (Phi) is 6.32. The number of hydrogen-bond donors (Lipinski definition) is 0. The smallest absolute Gasteiger partial charge is 0.326 e. The molecule has 176 valence electrons. The average molecular weight is 479 g/mol. The molecule has 3 aromatic rings. The molecule has 4 rings (SSSR count). The molecule has 0 N–H and O–H groups in total. The summed E-state index contributed by atoms with van der Waals surface area (Å²) < 4.78 is 2.91. The summed E-state index contributed by atoms with van der Waals surface area (Å²) in [6.45, 7) is 9.86. The monoisotopic (exact) mass is 478 g/mol. The molecule has 7 nitrogen and oxygen atoms in total. The lowest BCUT2D eigenvalue weighted by molar-refractivity contribution is -0.577. The standard InChI is InChI=1S/C26H27ClN4O3/c1-15(2)13-30-24(32)21(23(26(30)34)29-12-6-7-17(5)14-29)20-22(16(3)4)28-31(25(20)33)19-10-8-18(27)9-11-19/h6-12,14-16H,13H2,1-5H3. The maximum atomic E-state index is 13.7. The maximum absolute atomic E-state index is 13.7. The minimum atomic E-state index is -0.475. The number of imide groups is 1.